The lowest BCUT2D eigenvalue weighted by Gasteiger charge is -2.05. The fourth-order valence-electron chi connectivity index (χ4n) is 2.32. The van der Waals surface area contributed by atoms with Crippen LogP contribution >= 0.6 is 0 Å². The average Bonchev–Trinajstić information content (AvgIpc) is 3.05. The van der Waals surface area contributed by atoms with E-state index >= 15 is 0 Å². The van der Waals surface area contributed by atoms with E-state index in [0.717, 1.165) is 16.9 Å². The van der Waals surface area contributed by atoms with Crippen molar-refractivity contribution >= 4 is 22.1 Å². The van der Waals surface area contributed by atoms with Gasteiger partial charge in [-0.05, 0) is 23.6 Å². The molecule has 0 bridgehead atoms. The van der Waals surface area contributed by atoms with E-state index in [1.54, 1.807) is 12.5 Å². The number of hydrogen-bond acceptors (Lipinski definition) is 2. The monoisotopic (exact) mass is 234 g/mol. The number of benzene rings is 1. The zero-order valence-corrected chi connectivity index (χ0v) is 9.54. The predicted molar refractivity (Wildman–Crippen MR) is 70.7 cm³/mol. The summed E-state index contributed by atoms with van der Waals surface area (Å²) >= 11 is 0. The number of rotatable bonds is 1. The van der Waals surface area contributed by atoms with E-state index in [-0.39, 0.29) is 0 Å². The Balaban J connectivity index is 2.10. The van der Waals surface area contributed by atoms with Crippen LogP contribution < -0.4 is 0 Å². The van der Waals surface area contributed by atoms with Crippen LogP contribution in [0, 0.1) is 0 Å². The van der Waals surface area contributed by atoms with Crippen LogP contribution in [0.5, 0.6) is 0 Å². The summed E-state index contributed by atoms with van der Waals surface area (Å²) in [5, 5.41) is 1.22. The Hall–Kier alpha value is -2.62. The molecule has 0 saturated carbocycles. The molecule has 0 saturated heterocycles. The van der Waals surface area contributed by atoms with E-state index in [2.05, 4.69) is 43.9 Å². The predicted octanol–water partition coefficient (Wildman–Crippen LogP) is 2.90. The van der Waals surface area contributed by atoms with Gasteiger partial charge in [0.1, 0.15) is 5.52 Å². The molecule has 0 spiro atoms. The molecule has 1 N–H and O–H groups in total. The van der Waals surface area contributed by atoms with Gasteiger partial charge in [0.05, 0.1) is 17.5 Å². The molecular weight excluding hydrogens is 224 g/mol. The number of hydrogen-bond donors (Lipinski definition) is 1. The van der Waals surface area contributed by atoms with E-state index in [1.165, 1.54) is 10.9 Å². The number of H-pyrrole nitrogens is 1. The second kappa shape index (κ2) is 3.43. The number of aromatic nitrogens is 4. The minimum atomic E-state index is 0.810. The van der Waals surface area contributed by atoms with Crippen molar-refractivity contribution in [2.24, 2.45) is 0 Å². The van der Waals surface area contributed by atoms with E-state index in [1.807, 2.05) is 18.2 Å². The van der Waals surface area contributed by atoms with Gasteiger partial charge in [0.25, 0.3) is 0 Å². The third kappa shape index (κ3) is 1.20. The molecule has 1 aromatic carbocycles. The van der Waals surface area contributed by atoms with Gasteiger partial charge in [0.15, 0.2) is 5.65 Å². The second-order valence-corrected chi connectivity index (χ2v) is 4.17. The molecule has 0 aliphatic carbocycles. The topological polar surface area (TPSA) is 46.5 Å². The van der Waals surface area contributed by atoms with Gasteiger partial charge < -0.3 is 9.55 Å². The lowest BCUT2D eigenvalue weighted by molar-refractivity contribution is 1.13. The van der Waals surface area contributed by atoms with Gasteiger partial charge >= 0.3 is 0 Å². The maximum atomic E-state index is 4.34. The maximum Gasteiger partial charge on any atom is 0.159 e. The standard InChI is InChI=1S/C14H10N4/c1-2-4-11-10(3-1)6-8-18(11)12-5-7-15-14-13(12)16-9-17-14/h1-9H,(H,15,16,17). The Morgan fingerprint density at radius 2 is 1.94 bits per heavy atom. The first kappa shape index (κ1) is 9.41. The molecule has 86 valence electrons. The zero-order valence-electron chi connectivity index (χ0n) is 9.54. The first-order chi connectivity index (χ1) is 8.93. The molecule has 4 heteroatoms. The van der Waals surface area contributed by atoms with Gasteiger partial charge in [-0.1, -0.05) is 18.2 Å². The molecule has 0 unspecified atom stereocenters. The molecule has 4 aromatic rings. The molecule has 0 aliphatic heterocycles. The van der Waals surface area contributed by atoms with Crippen LogP contribution in [-0.2, 0) is 0 Å². The van der Waals surface area contributed by atoms with Crippen molar-refractivity contribution in [3.05, 3.63) is 55.1 Å². The Morgan fingerprint density at radius 3 is 2.94 bits per heavy atom. The number of nitrogens with one attached hydrogen (secondary N) is 1. The summed E-state index contributed by atoms with van der Waals surface area (Å²) in [4.78, 5) is 11.6. The molecule has 18 heavy (non-hydrogen) atoms. The van der Waals surface area contributed by atoms with Crippen LogP contribution in [0.2, 0.25) is 0 Å². The number of pyridine rings is 1. The van der Waals surface area contributed by atoms with Gasteiger partial charge in [0.2, 0.25) is 0 Å². The lowest BCUT2D eigenvalue weighted by atomic mass is 10.2. The van der Waals surface area contributed by atoms with E-state index < -0.39 is 0 Å². The maximum absolute atomic E-state index is 4.34. The Kier molecular flexibility index (Phi) is 1.80. The van der Waals surface area contributed by atoms with Crippen LogP contribution in [0.4, 0.5) is 0 Å². The number of para-hydroxylation sites is 1. The largest absolute Gasteiger partial charge is 0.329 e. The van der Waals surface area contributed by atoms with E-state index in [4.69, 9.17) is 0 Å². The van der Waals surface area contributed by atoms with E-state index in [0.29, 0.717) is 0 Å². The summed E-state index contributed by atoms with van der Waals surface area (Å²) in [7, 11) is 0. The Labute approximate surface area is 103 Å². The minimum Gasteiger partial charge on any atom is -0.329 e. The quantitative estimate of drug-likeness (QED) is 0.550. The van der Waals surface area contributed by atoms with Crippen LogP contribution in [0.3, 0.4) is 0 Å². The minimum absolute atomic E-state index is 0.810. The highest BCUT2D eigenvalue weighted by Crippen LogP contribution is 2.23. The molecule has 0 radical (unpaired) electrons. The van der Waals surface area contributed by atoms with E-state index in [9.17, 15) is 0 Å². The molecule has 0 fully saturated rings. The Morgan fingerprint density at radius 1 is 1.00 bits per heavy atom. The van der Waals surface area contributed by atoms with Crippen molar-refractivity contribution in [3.8, 4) is 5.69 Å². The number of imidazole rings is 1. The summed E-state index contributed by atoms with van der Waals surface area (Å²) in [6.07, 6.45) is 5.53. The Bertz CT molecular complexity index is 841. The van der Waals surface area contributed by atoms with Crippen molar-refractivity contribution in [2.75, 3.05) is 0 Å². The third-order valence-corrected chi connectivity index (χ3v) is 3.16. The van der Waals surface area contributed by atoms with Crippen LogP contribution in [0.15, 0.2) is 55.1 Å². The molecule has 3 heterocycles. The summed E-state index contributed by atoms with van der Waals surface area (Å²) < 4.78 is 2.14. The van der Waals surface area contributed by atoms with Crippen molar-refractivity contribution < 1.29 is 0 Å². The van der Waals surface area contributed by atoms with Gasteiger partial charge in [-0.3, -0.25) is 0 Å². The number of fused-ring (bicyclic) bond motifs is 2. The van der Waals surface area contributed by atoms with Gasteiger partial charge in [-0.25, -0.2) is 9.97 Å². The normalized spacial score (nSPS) is 11.3. The first-order valence-corrected chi connectivity index (χ1v) is 5.78. The molecule has 4 rings (SSSR count). The molecule has 0 amide bonds. The van der Waals surface area contributed by atoms with Crippen molar-refractivity contribution in [1.29, 1.82) is 0 Å². The summed E-state index contributed by atoms with van der Waals surface area (Å²) in [6, 6.07) is 12.4. The highest BCUT2D eigenvalue weighted by molar-refractivity contribution is 5.87. The second-order valence-electron chi connectivity index (χ2n) is 4.17. The van der Waals surface area contributed by atoms with Crippen LogP contribution in [0.25, 0.3) is 27.8 Å². The fraction of sp³-hybridized carbons (Fsp3) is 0. The van der Waals surface area contributed by atoms with Gasteiger partial charge in [-0.2, -0.15) is 0 Å². The first-order valence-electron chi connectivity index (χ1n) is 5.78. The fourth-order valence-corrected chi connectivity index (χ4v) is 2.32. The number of nitrogens with zero attached hydrogens (tertiary/aromatic N) is 3. The molecule has 0 aliphatic rings. The highest BCUT2D eigenvalue weighted by atomic mass is 15.0. The smallest absolute Gasteiger partial charge is 0.159 e. The SMILES string of the molecule is c1ccc2c(c1)ccn2-c1ccnc2[nH]cnc12. The van der Waals surface area contributed by atoms with Crippen molar-refractivity contribution in [2.45, 2.75) is 0 Å². The summed E-state index contributed by atoms with van der Waals surface area (Å²) in [5.74, 6) is 0. The average molecular weight is 234 g/mol. The van der Waals surface area contributed by atoms with Crippen molar-refractivity contribution in [1.82, 2.24) is 19.5 Å². The van der Waals surface area contributed by atoms with Crippen molar-refractivity contribution in [3.63, 3.8) is 0 Å². The molecule has 0 atom stereocenters. The molecular formula is C14H10N4. The van der Waals surface area contributed by atoms with Gasteiger partial charge in [-0.15, -0.1) is 0 Å². The third-order valence-electron chi connectivity index (χ3n) is 3.16. The highest BCUT2D eigenvalue weighted by Gasteiger charge is 2.08. The van der Waals surface area contributed by atoms with Crippen LogP contribution in [0.1, 0.15) is 0 Å². The van der Waals surface area contributed by atoms with Gasteiger partial charge in [0, 0.05) is 12.4 Å². The summed E-state index contributed by atoms with van der Waals surface area (Å²) in [5.41, 5.74) is 3.92. The van der Waals surface area contributed by atoms with Crippen LogP contribution in [-0.4, -0.2) is 19.5 Å². The summed E-state index contributed by atoms with van der Waals surface area (Å²) in [6.45, 7) is 0. The number of aromatic amines is 1. The zero-order chi connectivity index (χ0) is 11.9. The lowest BCUT2D eigenvalue weighted by Crippen LogP contribution is -1.94. The molecule has 3 aromatic heterocycles. The molecule has 4 nitrogen and oxygen atoms in total.